The summed E-state index contributed by atoms with van der Waals surface area (Å²) in [6.45, 7) is 1.99. The predicted molar refractivity (Wildman–Crippen MR) is 112 cm³/mol. The minimum Gasteiger partial charge on any atom is -0.352 e. The zero-order valence-electron chi connectivity index (χ0n) is 16.7. The molecule has 0 aliphatic heterocycles. The van der Waals surface area contributed by atoms with E-state index in [-0.39, 0.29) is 18.2 Å². The number of nitrogens with one attached hydrogen (secondary N) is 2. The molecular formula is C21H27BrN4O3. The van der Waals surface area contributed by atoms with Gasteiger partial charge in [-0.2, -0.15) is 4.98 Å². The largest absolute Gasteiger partial charge is 0.352 e. The molecule has 2 aromatic rings. The van der Waals surface area contributed by atoms with Gasteiger partial charge in [0, 0.05) is 30.8 Å². The van der Waals surface area contributed by atoms with E-state index in [1.807, 2.05) is 24.3 Å². The Balaban J connectivity index is 1.57. The number of carbonyl (C=O) groups is 2. The van der Waals surface area contributed by atoms with E-state index in [0.29, 0.717) is 24.7 Å². The number of hydrogen-bond acceptors (Lipinski definition) is 5. The molecule has 1 aliphatic rings. The summed E-state index contributed by atoms with van der Waals surface area (Å²) in [6.07, 6.45) is 6.56. The first-order valence-electron chi connectivity index (χ1n) is 10.1. The minimum absolute atomic E-state index is 0.0734. The van der Waals surface area contributed by atoms with Crippen molar-refractivity contribution in [3.8, 4) is 0 Å². The number of nitrogens with zero attached hydrogens (tertiary/aromatic N) is 2. The van der Waals surface area contributed by atoms with Gasteiger partial charge in [-0.05, 0) is 30.5 Å². The van der Waals surface area contributed by atoms with E-state index in [2.05, 4.69) is 36.7 Å². The minimum atomic E-state index is -0.562. The van der Waals surface area contributed by atoms with Gasteiger partial charge in [-0.1, -0.05) is 58.9 Å². The summed E-state index contributed by atoms with van der Waals surface area (Å²) < 4.78 is 6.38. The van der Waals surface area contributed by atoms with Gasteiger partial charge in [-0.25, -0.2) is 0 Å². The molecule has 1 aromatic heterocycles. The van der Waals surface area contributed by atoms with Gasteiger partial charge in [-0.3, -0.25) is 9.59 Å². The lowest BCUT2D eigenvalue weighted by Crippen LogP contribution is -2.45. The molecule has 156 valence electrons. The third kappa shape index (κ3) is 6.13. The van der Waals surface area contributed by atoms with E-state index < -0.39 is 5.54 Å². The van der Waals surface area contributed by atoms with Crippen molar-refractivity contribution in [2.45, 2.75) is 70.4 Å². The molecule has 0 bridgehead atoms. The highest BCUT2D eigenvalue weighted by Gasteiger charge is 2.38. The Labute approximate surface area is 179 Å². The summed E-state index contributed by atoms with van der Waals surface area (Å²) in [5.74, 6) is 0.784. The molecule has 1 heterocycles. The highest BCUT2D eigenvalue weighted by atomic mass is 79.9. The first-order valence-corrected chi connectivity index (χ1v) is 10.9. The van der Waals surface area contributed by atoms with Gasteiger partial charge < -0.3 is 15.2 Å². The van der Waals surface area contributed by atoms with Crippen molar-refractivity contribution in [2.24, 2.45) is 0 Å². The van der Waals surface area contributed by atoms with Gasteiger partial charge in [0.05, 0.1) is 0 Å². The maximum absolute atomic E-state index is 12.2. The van der Waals surface area contributed by atoms with E-state index in [1.54, 1.807) is 0 Å². The third-order valence-corrected chi connectivity index (χ3v) is 5.71. The van der Waals surface area contributed by atoms with Gasteiger partial charge >= 0.3 is 0 Å². The average molecular weight is 463 g/mol. The van der Waals surface area contributed by atoms with Crippen LogP contribution < -0.4 is 10.6 Å². The quantitative estimate of drug-likeness (QED) is 0.610. The monoisotopic (exact) mass is 462 g/mol. The Morgan fingerprint density at radius 2 is 1.97 bits per heavy atom. The Bertz CT molecular complexity index is 844. The number of hydrogen-bond donors (Lipinski definition) is 2. The standard InChI is InChI=1S/C21H27BrN4O3/c1-15(27)25-21(11-4-2-3-5-12-21)20-24-19(29-26-20)10-9-18(28)23-14-16-7-6-8-17(22)13-16/h6-8,13H,2-5,9-12,14H2,1H3,(H,23,28)(H,25,27). The van der Waals surface area contributed by atoms with Crippen LogP contribution in [0.15, 0.2) is 33.3 Å². The molecule has 0 unspecified atom stereocenters. The summed E-state index contributed by atoms with van der Waals surface area (Å²) in [4.78, 5) is 28.5. The van der Waals surface area contributed by atoms with Crippen molar-refractivity contribution < 1.29 is 14.1 Å². The van der Waals surface area contributed by atoms with Crippen molar-refractivity contribution in [3.63, 3.8) is 0 Å². The van der Waals surface area contributed by atoms with E-state index in [0.717, 1.165) is 48.6 Å². The molecule has 1 aromatic carbocycles. The second-order valence-electron chi connectivity index (χ2n) is 7.60. The molecular weight excluding hydrogens is 436 g/mol. The molecule has 2 N–H and O–H groups in total. The second kappa shape index (κ2) is 10.0. The molecule has 0 saturated heterocycles. The van der Waals surface area contributed by atoms with Crippen LogP contribution >= 0.6 is 15.9 Å². The molecule has 2 amide bonds. The molecule has 3 rings (SSSR count). The van der Waals surface area contributed by atoms with Crippen molar-refractivity contribution in [2.75, 3.05) is 0 Å². The fourth-order valence-corrected chi connectivity index (χ4v) is 4.23. The van der Waals surface area contributed by atoms with Crippen LogP contribution in [0.25, 0.3) is 0 Å². The number of benzene rings is 1. The van der Waals surface area contributed by atoms with Crippen LogP contribution in [0.5, 0.6) is 0 Å². The number of aryl methyl sites for hydroxylation is 1. The first kappa shape index (κ1) is 21.5. The molecule has 29 heavy (non-hydrogen) atoms. The van der Waals surface area contributed by atoms with Crippen LogP contribution in [0, 0.1) is 0 Å². The molecule has 8 heteroatoms. The molecule has 7 nitrogen and oxygen atoms in total. The van der Waals surface area contributed by atoms with Crippen molar-refractivity contribution in [3.05, 3.63) is 46.0 Å². The Hall–Kier alpha value is -2.22. The fraction of sp³-hybridized carbons (Fsp3) is 0.524. The van der Waals surface area contributed by atoms with Gasteiger partial charge in [0.15, 0.2) is 5.82 Å². The Morgan fingerprint density at radius 3 is 2.66 bits per heavy atom. The number of aromatic nitrogens is 2. The Morgan fingerprint density at radius 1 is 1.21 bits per heavy atom. The zero-order chi connectivity index (χ0) is 20.7. The SMILES string of the molecule is CC(=O)NC1(c2noc(CCC(=O)NCc3cccc(Br)c3)n2)CCCCCC1. The van der Waals surface area contributed by atoms with E-state index in [4.69, 9.17) is 4.52 Å². The van der Waals surface area contributed by atoms with Crippen molar-refractivity contribution in [1.82, 2.24) is 20.8 Å². The van der Waals surface area contributed by atoms with Crippen LogP contribution in [0.2, 0.25) is 0 Å². The highest BCUT2D eigenvalue weighted by molar-refractivity contribution is 9.10. The highest BCUT2D eigenvalue weighted by Crippen LogP contribution is 2.34. The molecule has 1 aliphatic carbocycles. The first-order chi connectivity index (χ1) is 14.0. The van der Waals surface area contributed by atoms with E-state index in [1.165, 1.54) is 6.92 Å². The topological polar surface area (TPSA) is 97.1 Å². The summed E-state index contributed by atoms with van der Waals surface area (Å²) in [5, 5.41) is 10.1. The lowest BCUT2D eigenvalue weighted by Gasteiger charge is -2.30. The van der Waals surface area contributed by atoms with Crippen LogP contribution in [0.3, 0.4) is 0 Å². The lowest BCUT2D eigenvalue weighted by molar-refractivity contribution is -0.122. The third-order valence-electron chi connectivity index (χ3n) is 5.21. The maximum Gasteiger partial charge on any atom is 0.227 e. The fourth-order valence-electron chi connectivity index (χ4n) is 3.78. The average Bonchev–Trinajstić information content (AvgIpc) is 3.05. The second-order valence-corrected chi connectivity index (χ2v) is 8.51. The lowest BCUT2D eigenvalue weighted by atomic mass is 9.89. The smallest absolute Gasteiger partial charge is 0.227 e. The van der Waals surface area contributed by atoms with Gasteiger partial charge in [0.25, 0.3) is 0 Å². The van der Waals surface area contributed by atoms with Gasteiger partial charge in [-0.15, -0.1) is 0 Å². The van der Waals surface area contributed by atoms with Crippen molar-refractivity contribution in [1.29, 1.82) is 0 Å². The summed E-state index contributed by atoms with van der Waals surface area (Å²) in [6, 6.07) is 7.81. The number of halogens is 1. The van der Waals surface area contributed by atoms with E-state index >= 15 is 0 Å². The van der Waals surface area contributed by atoms with Crippen molar-refractivity contribution >= 4 is 27.7 Å². The molecule has 0 atom stereocenters. The molecule has 1 saturated carbocycles. The van der Waals surface area contributed by atoms with Crippen LogP contribution in [-0.2, 0) is 28.1 Å². The normalized spacial score (nSPS) is 16.1. The molecule has 1 fully saturated rings. The number of amides is 2. The zero-order valence-corrected chi connectivity index (χ0v) is 18.3. The molecule has 0 spiro atoms. The summed E-state index contributed by atoms with van der Waals surface area (Å²) >= 11 is 3.42. The van der Waals surface area contributed by atoms with Gasteiger partial charge in [0.2, 0.25) is 17.7 Å². The number of rotatable bonds is 7. The predicted octanol–water partition coefficient (Wildman–Crippen LogP) is 3.77. The molecule has 0 radical (unpaired) electrons. The van der Waals surface area contributed by atoms with E-state index in [9.17, 15) is 9.59 Å². The number of carbonyl (C=O) groups excluding carboxylic acids is 2. The summed E-state index contributed by atoms with van der Waals surface area (Å²) in [5.41, 5.74) is 0.464. The van der Waals surface area contributed by atoms with Crippen LogP contribution in [-0.4, -0.2) is 22.0 Å². The van der Waals surface area contributed by atoms with Crippen LogP contribution in [0.4, 0.5) is 0 Å². The maximum atomic E-state index is 12.2. The Kier molecular flexibility index (Phi) is 7.41. The van der Waals surface area contributed by atoms with Gasteiger partial charge in [0.1, 0.15) is 5.54 Å². The van der Waals surface area contributed by atoms with Crippen LogP contribution in [0.1, 0.15) is 69.1 Å². The summed E-state index contributed by atoms with van der Waals surface area (Å²) in [7, 11) is 0.